The van der Waals surface area contributed by atoms with Crippen LogP contribution in [0.25, 0.3) is 0 Å². The van der Waals surface area contributed by atoms with E-state index in [1.54, 1.807) is 13.8 Å². The van der Waals surface area contributed by atoms with Gasteiger partial charge in [0.05, 0.1) is 17.3 Å². The number of anilines is 2. The molecule has 5 nitrogen and oxygen atoms in total. The fraction of sp³-hybridized carbons (Fsp3) is 0.667. The molecule has 0 aliphatic carbocycles. The smallest absolute Gasteiger partial charge is 0.224 e. The lowest BCUT2D eigenvalue weighted by Crippen LogP contribution is -2.51. The molecule has 18 heavy (non-hydrogen) atoms. The first-order valence-electron chi connectivity index (χ1n) is 5.94. The van der Waals surface area contributed by atoms with Crippen molar-refractivity contribution < 1.29 is 5.11 Å². The van der Waals surface area contributed by atoms with E-state index in [1.807, 2.05) is 20.8 Å². The molecule has 1 rings (SSSR count). The van der Waals surface area contributed by atoms with Crippen LogP contribution in [0.1, 0.15) is 34.6 Å². The Labute approximate surface area is 113 Å². The van der Waals surface area contributed by atoms with Crippen molar-refractivity contribution in [3.05, 3.63) is 11.2 Å². The van der Waals surface area contributed by atoms with Gasteiger partial charge in [-0.05, 0) is 34.6 Å². The van der Waals surface area contributed by atoms with Crippen LogP contribution in [0.5, 0.6) is 0 Å². The lowest BCUT2D eigenvalue weighted by atomic mass is 9.86. The summed E-state index contributed by atoms with van der Waals surface area (Å²) >= 11 is 6.06. The van der Waals surface area contributed by atoms with Crippen molar-refractivity contribution >= 4 is 23.4 Å². The van der Waals surface area contributed by atoms with Gasteiger partial charge in [-0.3, -0.25) is 0 Å². The van der Waals surface area contributed by atoms with Gasteiger partial charge in [0.1, 0.15) is 5.02 Å². The van der Waals surface area contributed by atoms with E-state index < -0.39 is 11.1 Å². The van der Waals surface area contributed by atoms with E-state index >= 15 is 0 Å². The average Bonchev–Trinajstić information content (AvgIpc) is 2.21. The molecule has 1 aromatic rings. The normalized spacial score (nSPS) is 12.4. The molecule has 3 N–H and O–H groups in total. The van der Waals surface area contributed by atoms with Gasteiger partial charge in [0.2, 0.25) is 5.95 Å². The summed E-state index contributed by atoms with van der Waals surface area (Å²) in [4.78, 5) is 8.35. The Bertz CT molecular complexity index is 415. The minimum Gasteiger partial charge on any atom is -0.388 e. The molecule has 0 aromatic carbocycles. The van der Waals surface area contributed by atoms with Crippen LogP contribution < -0.4 is 10.6 Å². The Morgan fingerprint density at radius 2 is 1.94 bits per heavy atom. The monoisotopic (exact) mass is 272 g/mol. The van der Waals surface area contributed by atoms with Gasteiger partial charge >= 0.3 is 0 Å². The third kappa shape index (κ3) is 3.46. The number of nitrogens with zero attached hydrogens (tertiary/aromatic N) is 2. The van der Waals surface area contributed by atoms with E-state index in [0.717, 1.165) is 6.54 Å². The van der Waals surface area contributed by atoms with Crippen molar-refractivity contribution in [1.82, 2.24) is 9.97 Å². The predicted octanol–water partition coefficient (Wildman–Crippen LogP) is 2.52. The topological polar surface area (TPSA) is 70.1 Å². The second-order valence-electron chi connectivity index (χ2n) is 5.23. The van der Waals surface area contributed by atoms with Gasteiger partial charge in [-0.15, -0.1) is 0 Å². The van der Waals surface area contributed by atoms with Gasteiger partial charge in [-0.25, -0.2) is 4.98 Å². The number of aliphatic hydroxyl groups is 1. The highest BCUT2D eigenvalue weighted by Crippen LogP contribution is 2.28. The summed E-state index contributed by atoms with van der Waals surface area (Å²) < 4.78 is 0. The first-order valence-corrected chi connectivity index (χ1v) is 6.32. The third-order valence-electron chi connectivity index (χ3n) is 3.04. The molecule has 0 saturated carbocycles. The quantitative estimate of drug-likeness (QED) is 0.768. The van der Waals surface area contributed by atoms with Gasteiger partial charge in [0.25, 0.3) is 0 Å². The molecular weight excluding hydrogens is 252 g/mol. The van der Waals surface area contributed by atoms with Crippen molar-refractivity contribution in [1.29, 1.82) is 0 Å². The van der Waals surface area contributed by atoms with Crippen molar-refractivity contribution in [2.75, 3.05) is 17.2 Å². The van der Waals surface area contributed by atoms with Gasteiger partial charge in [0.15, 0.2) is 5.82 Å². The van der Waals surface area contributed by atoms with Crippen LogP contribution in [0.2, 0.25) is 5.02 Å². The van der Waals surface area contributed by atoms with Crippen LogP contribution in [0, 0.1) is 0 Å². The maximum absolute atomic E-state index is 10.1. The van der Waals surface area contributed by atoms with E-state index in [1.165, 1.54) is 6.20 Å². The second-order valence-corrected chi connectivity index (χ2v) is 5.64. The van der Waals surface area contributed by atoms with Crippen molar-refractivity contribution in [3.8, 4) is 0 Å². The van der Waals surface area contributed by atoms with E-state index in [4.69, 9.17) is 11.6 Å². The number of halogens is 1. The molecule has 0 fully saturated rings. The van der Waals surface area contributed by atoms with Gasteiger partial charge < -0.3 is 15.7 Å². The fourth-order valence-electron chi connectivity index (χ4n) is 1.15. The summed E-state index contributed by atoms with van der Waals surface area (Å²) in [5.41, 5.74) is -1.49. The fourth-order valence-corrected chi connectivity index (χ4v) is 1.29. The van der Waals surface area contributed by atoms with E-state index in [-0.39, 0.29) is 0 Å². The van der Waals surface area contributed by atoms with Crippen molar-refractivity contribution in [2.24, 2.45) is 0 Å². The maximum atomic E-state index is 10.1. The molecule has 6 heteroatoms. The first-order chi connectivity index (χ1) is 8.17. The molecule has 0 bridgehead atoms. The zero-order valence-electron chi connectivity index (χ0n) is 11.5. The number of nitrogens with one attached hydrogen (secondary N) is 2. The SMILES string of the molecule is CCNc1ncc(Cl)c(NC(C)(C)C(C)(C)O)n1. The number of hydrogen-bond acceptors (Lipinski definition) is 5. The number of hydrogen-bond donors (Lipinski definition) is 3. The summed E-state index contributed by atoms with van der Waals surface area (Å²) in [6.07, 6.45) is 1.54. The number of rotatable bonds is 5. The molecule has 0 amide bonds. The molecule has 0 unspecified atom stereocenters. The summed E-state index contributed by atoms with van der Waals surface area (Å²) in [5.74, 6) is 1.02. The Hall–Kier alpha value is -1.07. The largest absolute Gasteiger partial charge is 0.388 e. The minimum absolute atomic E-state index is 0.425. The molecule has 0 aliphatic rings. The van der Waals surface area contributed by atoms with Crippen molar-refractivity contribution in [2.45, 2.75) is 45.8 Å². The average molecular weight is 273 g/mol. The molecule has 0 atom stereocenters. The summed E-state index contributed by atoms with van der Waals surface area (Å²) in [5, 5.41) is 16.7. The highest BCUT2D eigenvalue weighted by atomic mass is 35.5. The standard InChI is InChI=1S/C12H21ClN4O/c1-6-14-10-15-7-8(13)9(16-10)17-11(2,3)12(4,5)18/h7,18H,6H2,1-5H3,(H2,14,15,16,17). The molecule has 1 aromatic heterocycles. The van der Waals surface area contributed by atoms with Crippen LogP contribution in [0.3, 0.4) is 0 Å². The second kappa shape index (κ2) is 5.28. The molecule has 0 saturated heterocycles. The van der Waals surface area contributed by atoms with E-state index in [9.17, 15) is 5.11 Å². The molecule has 0 aliphatic heterocycles. The predicted molar refractivity (Wildman–Crippen MR) is 75.2 cm³/mol. The van der Waals surface area contributed by atoms with Gasteiger partial charge in [-0.2, -0.15) is 4.98 Å². The van der Waals surface area contributed by atoms with Crippen molar-refractivity contribution in [3.63, 3.8) is 0 Å². The Morgan fingerprint density at radius 3 is 2.44 bits per heavy atom. The molecular formula is C12H21ClN4O. The highest BCUT2D eigenvalue weighted by Gasteiger charge is 2.35. The summed E-state index contributed by atoms with van der Waals surface area (Å²) in [6.45, 7) is 9.94. The molecule has 1 heterocycles. The van der Waals surface area contributed by atoms with Crippen LogP contribution in [-0.2, 0) is 0 Å². The highest BCUT2D eigenvalue weighted by molar-refractivity contribution is 6.32. The van der Waals surface area contributed by atoms with Crippen LogP contribution in [0.15, 0.2) is 6.20 Å². The maximum Gasteiger partial charge on any atom is 0.224 e. The molecule has 0 radical (unpaired) electrons. The Balaban J connectivity index is 3.00. The number of aromatic nitrogens is 2. The lowest BCUT2D eigenvalue weighted by Gasteiger charge is -2.38. The van der Waals surface area contributed by atoms with E-state index in [0.29, 0.717) is 16.8 Å². The van der Waals surface area contributed by atoms with Crippen LogP contribution >= 0.6 is 11.6 Å². The molecule has 0 spiro atoms. The summed E-state index contributed by atoms with van der Waals surface area (Å²) in [6, 6.07) is 0. The van der Waals surface area contributed by atoms with Gasteiger partial charge in [-0.1, -0.05) is 11.6 Å². The van der Waals surface area contributed by atoms with E-state index in [2.05, 4.69) is 20.6 Å². The Morgan fingerprint density at radius 1 is 1.33 bits per heavy atom. The summed E-state index contributed by atoms with van der Waals surface area (Å²) in [7, 11) is 0. The lowest BCUT2D eigenvalue weighted by molar-refractivity contribution is 0.0239. The zero-order chi connectivity index (χ0) is 14.0. The zero-order valence-corrected chi connectivity index (χ0v) is 12.3. The first kappa shape index (κ1) is 15.0. The van der Waals surface area contributed by atoms with Crippen LogP contribution in [-0.4, -0.2) is 32.8 Å². The van der Waals surface area contributed by atoms with Gasteiger partial charge in [0, 0.05) is 6.54 Å². The molecule has 102 valence electrons. The Kier molecular flexibility index (Phi) is 4.40. The minimum atomic E-state index is -0.917. The van der Waals surface area contributed by atoms with Crippen LogP contribution in [0.4, 0.5) is 11.8 Å². The third-order valence-corrected chi connectivity index (χ3v) is 3.32.